The van der Waals surface area contributed by atoms with Gasteiger partial charge in [0, 0.05) is 58.7 Å². The van der Waals surface area contributed by atoms with Gasteiger partial charge in [-0.25, -0.2) is 25.0 Å². The number of fused-ring (bicyclic) bond motifs is 1. The lowest BCUT2D eigenvalue weighted by Crippen LogP contribution is -2.45. The minimum Gasteiger partial charge on any atom is -0.480 e. The summed E-state index contributed by atoms with van der Waals surface area (Å²) in [5, 5.41) is 3.43. The first kappa shape index (κ1) is 34.2. The Balaban J connectivity index is 1.52. The number of ketones is 1. The van der Waals surface area contributed by atoms with E-state index in [4.69, 9.17) is 13.8 Å². The van der Waals surface area contributed by atoms with Gasteiger partial charge in [-0.1, -0.05) is 6.07 Å². The Labute approximate surface area is 274 Å². The molecule has 1 aliphatic heterocycles. The van der Waals surface area contributed by atoms with E-state index in [0.29, 0.717) is 50.8 Å². The number of amides is 2. The molecule has 5 rings (SSSR count). The zero-order valence-electron chi connectivity index (χ0n) is 27.0. The highest BCUT2D eigenvalue weighted by Crippen LogP contribution is 2.49. The van der Waals surface area contributed by atoms with Crippen molar-refractivity contribution in [2.45, 2.75) is 33.4 Å². The van der Waals surface area contributed by atoms with Crippen LogP contribution in [0.15, 0.2) is 61.4 Å². The van der Waals surface area contributed by atoms with Gasteiger partial charge in [-0.05, 0) is 51.5 Å². The molecule has 0 bridgehead atoms. The van der Waals surface area contributed by atoms with E-state index in [1.165, 1.54) is 13.3 Å². The van der Waals surface area contributed by atoms with Crippen molar-refractivity contribution in [1.29, 1.82) is 0 Å². The molecule has 1 atom stereocenters. The molecular weight excluding hydrogens is 643 g/mol. The van der Waals surface area contributed by atoms with Gasteiger partial charge in [-0.2, -0.15) is 0 Å². The molecule has 1 N–H and O–H groups in total. The summed E-state index contributed by atoms with van der Waals surface area (Å²) in [5.41, 5.74) is 2.11. The third-order valence-corrected chi connectivity index (χ3v) is 11.5. The minimum absolute atomic E-state index is 0.129. The molecule has 250 valence electrons. The lowest BCUT2D eigenvalue weighted by molar-refractivity contribution is -0.136. The summed E-state index contributed by atoms with van der Waals surface area (Å²) < 4.78 is 31.9. The van der Waals surface area contributed by atoms with Crippen LogP contribution in [0.2, 0.25) is 0 Å². The highest BCUT2D eigenvalue weighted by atomic mass is 32.3. The molecule has 3 aromatic heterocycles. The molecule has 1 aliphatic rings. The number of benzene rings is 1. The normalized spacial score (nSPS) is 16.6. The zero-order valence-corrected chi connectivity index (χ0v) is 28.8. The first-order chi connectivity index (χ1) is 22.4. The van der Waals surface area contributed by atoms with E-state index in [-0.39, 0.29) is 43.7 Å². The Morgan fingerprint density at radius 2 is 1.81 bits per heavy atom. The fourth-order valence-corrected chi connectivity index (χ4v) is 9.22. The number of carbonyl (C=O) groups is 3. The molecule has 0 saturated carbocycles. The van der Waals surface area contributed by atoms with Gasteiger partial charge < -0.3 is 28.6 Å². The smallest absolute Gasteiger partial charge is 0.367 e. The summed E-state index contributed by atoms with van der Waals surface area (Å²) in [5.74, 6) is 0.990. The number of rotatable bonds is 13. The summed E-state index contributed by atoms with van der Waals surface area (Å²) in [7, 11) is -4.85. The Hall–Kier alpha value is -4.10. The fourth-order valence-electron chi connectivity index (χ4n) is 5.55. The van der Waals surface area contributed by atoms with Gasteiger partial charge in [-0.15, -0.1) is 0 Å². The van der Waals surface area contributed by atoms with Crippen LogP contribution in [0.5, 0.6) is 5.75 Å². The summed E-state index contributed by atoms with van der Waals surface area (Å²) >= 11 is 0. The van der Waals surface area contributed by atoms with Crippen LogP contribution < -0.4 is 10.1 Å². The van der Waals surface area contributed by atoms with Gasteiger partial charge in [0.1, 0.15) is 30.5 Å². The predicted molar refractivity (Wildman–Crippen MR) is 182 cm³/mol. The van der Waals surface area contributed by atoms with E-state index in [9.17, 15) is 18.9 Å². The van der Waals surface area contributed by atoms with E-state index in [1.54, 1.807) is 78.4 Å². The van der Waals surface area contributed by atoms with Gasteiger partial charge >= 0.3 is 7.60 Å². The lowest BCUT2D eigenvalue weighted by Gasteiger charge is -2.25. The highest BCUT2D eigenvalue weighted by Gasteiger charge is 2.41. The summed E-state index contributed by atoms with van der Waals surface area (Å²) in [6.07, 6.45) is 11.7. The maximum atomic E-state index is 14.0. The molecule has 47 heavy (non-hydrogen) atoms. The second-order valence-corrected chi connectivity index (χ2v) is 17.7. The van der Waals surface area contributed by atoms with Crippen molar-refractivity contribution in [2.75, 3.05) is 49.0 Å². The largest absolute Gasteiger partial charge is 0.480 e. The van der Waals surface area contributed by atoms with E-state index in [0.717, 1.165) is 0 Å². The summed E-state index contributed by atoms with van der Waals surface area (Å²) in [6, 6.07) is 8.04. The van der Waals surface area contributed by atoms with Crippen LogP contribution in [0.25, 0.3) is 22.0 Å². The molecule has 0 spiro atoms. The van der Waals surface area contributed by atoms with E-state index in [1.807, 2.05) is 0 Å². The minimum atomic E-state index is -3.59. The Kier molecular flexibility index (Phi) is 10.5. The number of pyridine rings is 1. The molecule has 1 saturated heterocycles. The molecule has 2 amide bonds. The zero-order chi connectivity index (χ0) is 33.8. The van der Waals surface area contributed by atoms with Gasteiger partial charge in [0.05, 0.1) is 24.6 Å². The van der Waals surface area contributed by atoms with Gasteiger partial charge in [0.2, 0.25) is 11.8 Å². The number of Topliss-reactive ketones (excluding diaryl/α,β-unsaturated/α-hetero) is 1. The van der Waals surface area contributed by atoms with Gasteiger partial charge in [-0.3, -0.25) is 18.9 Å². The molecule has 15 heteroatoms. The number of hydrogen-bond acceptors (Lipinski definition) is 10. The first-order valence-electron chi connectivity index (χ1n) is 15.1. The quantitative estimate of drug-likeness (QED) is 0.148. The van der Waals surface area contributed by atoms with Crippen LogP contribution >= 0.6 is 17.6 Å². The van der Waals surface area contributed by atoms with Crippen molar-refractivity contribution in [2.24, 2.45) is 0 Å². The van der Waals surface area contributed by atoms with Crippen LogP contribution in [0.3, 0.4) is 0 Å². The molecule has 0 aliphatic carbocycles. The van der Waals surface area contributed by atoms with Crippen LogP contribution in [0.4, 0.5) is 5.82 Å². The maximum absolute atomic E-state index is 14.0. The number of aromatic nitrogens is 4. The van der Waals surface area contributed by atoms with Crippen molar-refractivity contribution in [3.05, 3.63) is 67.0 Å². The maximum Gasteiger partial charge on any atom is 0.367 e. The average molecular weight is 683 g/mol. The molecule has 13 nitrogen and oxygen atoms in total. The number of carbonyl (C=O) groups excluding carboxylic acids is 3. The van der Waals surface area contributed by atoms with E-state index >= 15 is 0 Å². The van der Waals surface area contributed by atoms with Crippen molar-refractivity contribution < 1.29 is 32.7 Å². The van der Waals surface area contributed by atoms with Gasteiger partial charge in [0.15, 0.2) is 12.1 Å². The summed E-state index contributed by atoms with van der Waals surface area (Å²) in [4.78, 5) is 54.3. The molecule has 4 aromatic rings. The van der Waals surface area contributed by atoms with Crippen LogP contribution in [-0.4, -0.2) is 91.8 Å². The van der Waals surface area contributed by atoms with Crippen LogP contribution in [0.1, 0.15) is 31.1 Å². The average Bonchev–Trinajstić information content (AvgIpc) is 3.57. The Morgan fingerprint density at radius 3 is 2.45 bits per heavy atom. The molecule has 1 fully saturated rings. The number of nitrogens with one attached hydrogen (secondary N) is 1. The third kappa shape index (κ3) is 7.90. The topological polar surface area (TPSA) is 155 Å². The number of anilines is 1. The second-order valence-electron chi connectivity index (χ2n) is 11.6. The standard InChI is InChI=1S/C32H39N6O7PS/c1-6-44-46(42,45-7-2)21-43-29-13-27-25(12-24(29)23-14-33-19-34-15-23)26(22(3)39)16-37(27)17-31(40)38-20-47(4,5)18-28(38)32(41)36-30-10-8-9-11-35-30/h8-16,19,28H,6-7,17-18,20-21H2,1-5H3,(H,35,36,41)/t28-/m0/s1. The number of nitrogens with zero attached hydrogens (tertiary/aromatic N) is 5. The summed E-state index contributed by atoms with van der Waals surface area (Å²) in [6.45, 7) is 5.10. The second kappa shape index (κ2) is 14.3. The van der Waals surface area contributed by atoms with E-state index in [2.05, 4.69) is 32.8 Å². The predicted octanol–water partition coefficient (Wildman–Crippen LogP) is 5.17. The molecule has 1 aromatic carbocycles. The highest BCUT2D eigenvalue weighted by molar-refractivity contribution is 8.32. The molecule has 0 unspecified atom stereocenters. The fraction of sp³-hybridized carbons (Fsp3) is 0.375. The SMILES string of the molecule is CCOP(=O)(COc1cc2c(cc1-c1cncnc1)c(C(C)=O)cn2CC(=O)N1CS(C)(C)C[C@H]1C(=O)Nc1ccccn1)OCC. The molecule has 0 radical (unpaired) electrons. The number of ether oxygens (including phenoxy) is 1. The van der Waals surface area contributed by atoms with Crippen LogP contribution in [-0.2, 0) is 29.7 Å². The monoisotopic (exact) mass is 682 g/mol. The molecule has 4 heterocycles. The van der Waals surface area contributed by atoms with Crippen molar-refractivity contribution in [3.8, 4) is 16.9 Å². The third-order valence-electron chi connectivity index (χ3n) is 7.58. The lowest BCUT2D eigenvalue weighted by atomic mass is 10.0. The Morgan fingerprint density at radius 1 is 1.09 bits per heavy atom. The van der Waals surface area contributed by atoms with E-state index < -0.39 is 23.7 Å². The van der Waals surface area contributed by atoms with Crippen molar-refractivity contribution in [1.82, 2.24) is 24.4 Å². The molecular formula is C32H39N6O7PS. The number of hydrogen-bond donors (Lipinski definition) is 1. The van der Waals surface area contributed by atoms with Crippen LogP contribution in [0, 0.1) is 0 Å². The van der Waals surface area contributed by atoms with Crippen molar-refractivity contribution >= 4 is 51.9 Å². The first-order valence-corrected chi connectivity index (χ1v) is 19.6. The van der Waals surface area contributed by atoms with Crippen molar-refractivity contribution in [3.63, 3.8) is 0 Å². The Bertz CT molecular complexity index is 1810. The van der Waals surface area contributed by atoms with Gasteiger partial charge in [0.25, 0.3) is 0 Å².